The first-order valence-corrected chi connectivity index (χ1v) is 7.25. The van der Waals surface area contributed by atoms with E-state index in [1.807, 2.05) is 12.1 Å². The summed E-state index contributed by atoms with van der Waals surface area (Å²) in [6.07, 6.45) is 3.66. The first-order valence-electron chi connectivity index (χ1n) is 6.87. The van der Waals surface area contributed by atoms with Gasteiger partial charge in [0.2, 0.25) is 0 Å². The molecule has 0 radical (unpaired) electrons. The maximum Gasteiger partial charge on any atom is 0.138 e. The molecule has 2 atom stereocenters. The minimum absolute atomic E-state index is 0.255. The molecule has 3 heteroatoms. The Morgan fingerprint density at radius 3 is 2.94 bits per heavy atom. The van der Waals surface area contributed by atoms with E-state index in [0.717, 1.165) is 36.7 Å². The summed E-state index contributed by atoms with van der Waals surface area (Å²) in [5.74, 6) is 1.37. The molecule has 0 aliphatic carbocycles. The van der Waals surface area contributed by atoms with Gasteiger partial charge in [0.15, 0.2) is 0 Å². The van der Waals surface area contributed by atoms with E-state index in [1.165, 1.54) is 12.0 Å². The predicted molar refractivity (Wildman–Crippen MR) is 76.7 cm³/mol. The molecule has 1 saturated heterocycles. The van der Waals surface area contributed by atoms with Gasteiger partial charge < -0.3 is 10.1 Å². The normalized spacial score (nSPS) is 21.6. The van der Waals surface area contributed by atoms with Crippen LogP contribution in [0.2, 0.25) is 5.02 Å². The van der Waals surface area contributed by atoms with E-state index >= 15 is 0 Å². The molecule has 0 unspecified atom stereocenters. The van der Waals surface area contributed by atoms with Crippen molar-refractivity contribution in [2.24, 2.45) is 0 Å². The molecule has 1 aliphatic heterocycles. The summed E-state index contributed by atoms with van der Waals surface area (Å²) in [7, 11) is 0. The number of rotatable bonds is 4. The molecule has 2 rings (SSSR count). The van der Waals surface area contributed by atoms with Crippen LogP contribution in [0.15, 0.2) is 18.2 Å². The third-order valence-electron chi connectivity index (χ3n) is 3.68. The van der Waals surface area contributed by atoms with E-state index in [-0.39, 0.29) is 6.10 Å². The smallest absolute Gasteiger partial charge is 0.138 e. The average Bonchev–Trinajstić information content (AvgIpc) is 2.41. The SMILES string of the molecule is CC[C@H](C)c1ccc(O[C@@H]2CCCNC2)c(Cl)c1. The van der Waals surface area contributed by atoms with Gasteiger partial charge in [-0.2, -0.15) is 0 Å². The molecule has 1 aromatic rings. The van der Waals surface area contributed by atoms with E-state index in [4.69, 9.17) is 16.3 Å². The fourth-order valence-corrected chi connectivity index (χ4v) is 2.49. The number of benzene rings is 1. The summed E-state index contributed by atoms with van der Waals surface area (Å²) in [5, 5.41) is 4.08. The highest BCUT2D eigenvalue weighted by atomic mass is 35.5. The van der Waals surface area contributed by atoms with Gasteiger partial charge in [-0.05, 0) is 49.4 Å². The second-order valence-corrected chi connectivity index (χ2v) is 5.49. The summed E-state index contributed by atoms with van der Waals surface area (Å²) < 4.78 is 5.96. The topological polar surface area (TPSA) is 21.3 Å². The Morgan fingerprint density at radius 2 is 2.33 bits per heavy atom. The Kier molecular flexibility index (Phi) is 4.90. The van der Waals surface area contributed by atoms with E-state index in [0.29, 0.717) is 5.92 Å². The summed E-state index contributed by atoms with van der Waals surface area (Å²) in [4.78, 5) is 0. The lowest BCUT2D eigenvalue weighted by Crippen LogP contribution is -2.37. The van der Waals surface area contributed by atoms with Crippen LogP contribution in [-0.4, -0.2) is 19.2 Å². The van der Waals surface area contributed by atoms with Crippen LogP contribution in [0.5, 0.6) is 5.75 Å². The third kappa shape index (κ3) is 3.39. The van der Waals surface area contributed by atoms with Gasteiger partial charge in [0.05, 0.1) is 5.02 Å². The zero-order chi connectivity index (χ0) is 13.0. The van der Waals surface area contributed by atoms with Gasteiger partial charge in [-0.25, -0.2) is 0 Å². The molecule has 0 aromatic heterocycles. The van der Waals surface area contributed by atoms with Crippen LogP contribution in [0, 0.1) is 0 Å². The molecule has 0 spiro atoms. The van der Waals surface area contributed by atoms with Gasteiger partial charge in [-0.3, -0.25) is 0 Å². The number of halogens is 1. The average molecular weight is 268 g/mol. The number of hydrogen-bond acceptors (Lipinski definition) is 2. The summed E-state index contributed by atoms with van der Waals surface area (Å²) >= 11 is 6.30. The second-order valence-electron chi connectivity index (χ2n) is 5.09. The van der Waals surface area contributed by atoms with Crippen molar-refractivity contribution in [3.05, 3.63) is 28.8 Å². The Bertz CT molecular complexity index is 388. The molecule has 1 aromatic carbocycles. The first-order chi connectivity index (χ1) is 8.70. The quantitative estimate of drug-likeness (QED) is 0.891. The van der Waals surface area contributed by atoms with Gasteiger partial charge >= 0.3 is 0 Å². The van der Waals surface area contributed by atoms with Gasteiger partial charge in [0, 0.05) is 6.54 Å². The van der Waals surface area contributed by atoms with Gasteiger partial charge in [0.25, 0.3) is 0 Å². The summed E-state index contributed by atoms with van der Waals surface area (Å²) in [5.41, 5.74) is 1.29. The lowest BCUT2D eigenvalue weighted by molar-refractivity contribution is 0.167. The fraction of sp³-hybridized carbons (Fsp3) is 0.600. The highest BCUT2D eigenvalue weighted by molar-refractivity contribution is 6.32. The molecular weight excluding hydrogens is 246 g/mol. The fourth-order valence-electron chi connectivity index (χ4n) is 2.25. The minimum Gasteiger partial charge on any atom is -0.488 e. The Hall–Kier alpha value is -0.730. The highest BCUT2D eigenvalue weighted by Gasteiger charge is 2.16. The lowest BCUT2D eigenvalue weighted by Gasteiger charge is -2.24. The molecule has 1 aliphatic rings. The molecule has 0 bridgehead atoms. The number of piperidine rings is 1. The first kappa shape index (κ1) is 13.7. The largest absolute Gasteiger partial charge is 0.488 e. The molecule has 2 nitrogen and oxygen atoms in total. The maximum absolute atomic E-state index is 6.30. The number of ether oxygens (including phenoxy) is 1. The van der Waals surface area contributed by atoms with Crippen molar-refractivity contribution < 1.29 is 4.74 Å². The Labute approximate surface area is 115 Å². The van der Waals surface area contributed by atoms with E-state index < -0.39 is 0 Å². The molecule has 100 valence electrons. The second kappa shape index (κ2) is 6.44. The van der Waals surface area contributed by atoms with Crippen LogP contribution in [-0.2, 0) is 0 Å². The van der Waals surface area contributed by atoms with Crippen LogP contribution < -0.4 is 10.1 Å². The van der Waals surface area contributed by atoms with Crippen molar-refractivity contribution in [1.29, 1.82) is 0 Å². The van der Waals surface area contributed by atoms with Crippen LogP contribution in [0.3, 0.4) is 0 Å². The van der Waals surface area contributed by atoms with Gasteiger partial charge in [-0.1, -0.05) is 31.5 Å². The Balaban J connectivity index is 2.04. The van der Waals surface area contributed by atoms with Crippen molar-refractivity contribution >= 4 is 11.6 Å². The zero-order valence-corrected chi connectivity index (χ0v) is 12.0. The standard InChI is InChI=1S/C15H22ClNO/c1-3-11(2)12-6-7-15(14(16)9-12)18-13-5-4-8-17-10-13/h6-7,9,11,13,17H,3-5,8,10H2,1-2H3/t11-,13+/m0/s1. The zero-order valence-electron chi connectivity index (χ0n) is 11.2. The van der Waals surface area contributed by atoms with Crippen LogP contribution >= 0.6 is 11.6 Å². The molecular formula is C15H22ClNO. The van der Waals surface area contributed by atoms with Gasteiger partial charge in [0.1, 0.15) is 11.9 Å². The monoisotopic (exact) mass is 267 g/mol. The Morgan fingerprint density at radius 1 is 1.50 bits per heavy atom. The van der Waals surface area contributed by atoms with Crippen LogP contribution in [0.25, 0.3) is 0 Å². The molecule has 1 heterocycles. The maximum atomic E-state index is 6.30. The molecule has 1 fully saturated rings. The summed E-state index contributed by atoms with van der Waals surface area (Å²) in [6.45, 7) is 6.43. The third-order valence-corrected chi connectivity index (χ3v) is 3.98. The number of hydrogen-bond donors (Lipinski definition) is 1. The number of nitrogens with one attached hydrogen (secondary N) is 1. The van der Waals surface area contributed by atoms with Crippen LogP contribution in [0.4, 0.5) is 0 Å². The van der Waals surface area contributed by atoms with Crippen molar-refractivity contribution in [1.82, 2.24) is 5.32 Å². The van der Waals surface area contributed by atoms with E-state index in [9.17, 15) is 0 Å². The molecule has 0 amide bonds. The minimum atomic E-state index is 0.255. The van der Waals surface area contributed by atoms with Gasteiger partial charge in [-0.15, -0.1) is 0 Å². The lowest BCUT2D eigenvalue weighted by atomic mass is 9.99. The van der Waals surface area contributed by atoms with Crippen molar-refractivity contribution in [3.8, 4) is 5.75 Å². The molecule has 0 saturated carbocycles. The van der Waals surface area contributed by atoms with E-state index in [2.05, 4.69) is 25.2 Å². The highest BCUT2D eigenvalue weighted by Crippen LogP contribution is 2.30. The molecule has 18 heavy (non-hydrogen) atoms. The van der Waals surface area contributed by atoms with E-state index in [1.54, 1.807) is 0 Å². The predicted octanol–water partition coefficient (Wildman–Crippen LogP) is 3.98. The van der Waals surface area contributed by atoms with Crippen LogP contribution in [0.1, 0.15) is 44.6 Å². The van der Waals surface area contributed by atoms with Crippen molar-refractivity contribution in [3.63, 3.8) is 0 Å². The van der Waals surface area contributed by atoms with Crippen molar-refractivity contribution in [2.75, 3.05) is 13.1 Å². The molecule has 1 N–H and O–H groups in total. The van der Waals surface area contributed by atoms with Crippen molar-refractivity contribution in [2.45, 2.75) is 45.1 Å². The summed E-state index contributed by atoms with van der Waals surface area (Å²) in [6, 6.07) is 6.19.